The van der Waals surface area contributed by atoms with Crippen molar-refractivity contribution in [1.82, 2.24) is 0 Å². The lowest BCUT2D eigenvalue weighted by molar-refractivity contribution is 0.122. The van der Waals surface area contributed by atoms with Crippen molar-refractivity contribution in [3.63, 3.8) is 0 Å². The van der Waals surface area contributed by atoms with Crippen molar-refractivity contribution in [3.8, 4) is 11.5 Å². The molecule has 2 nitrogen and oxygen atoms in total. The minimum absolute atomic E-state index is 0.305. The van der Waals surface area contributed by atoms with Crippen LogP contribution in [0, 0.1) is 29.5 Å². The highest BCUT2D eigenvalue weighted by Gasteiger charge is 2.30. The first-order valence-corrected chi connectivity index (χ1v) is 11.2. The first-order chi connectivity index (χ1) is 13.2. The lowest BCUT2D eigenvalue weighted by Crippen LogP contribution is -2.27. The fourth-order valence-corrected chi connectivity index (χ4v) is 5.24. The SMILES string of the molecule is CCCC1CCC(C2CCC(COc3ccc(OCC)c(F)c3)CC2)CC1. The van der Waals surface area contributed by atoms with E-state index in [9.17, 15) is 4.39 Å². The van der Waals surface area contributed by atoms with Crippen LogP contribution in [-0.2, 0) is 0 Å². The zero-order valence-electron chi connectivity index (χ0n) is 17.2. The summed E-state index contributed by atoms with van der Waals surface area (Å²) in [6.45, 7) is 5.36. The molecule has 3 heteroatoms. The number of ether oxygens (including phenoxy) is 2. The van der Waals surface area contributed by atoms with Crippen LogP contribution in [0.15, 0.2) is 18.2 Å². The topological polar surface area (TPSA) is 18.5 Å². The number of benzene rings is 1. The molecule has 0 spiro atoms. The monoisotopic (exact) mass is 376 g/mol. The standard InChI is InChI=1S/C24H37FO2/c1-3-5-18-6-10-20(11-7-18)21-12-8-19(9-13-21)17-27-22-14-15-24(26-4-2)23(25)16-22/h14-16,18-21H,3-13,17H2,1-2H3. The van der Waals surface area contributed by atoms with Crippen molar-refractivity contribution in [3.05, 3.63) is 24.0 Å². The summed E-state index contributed by atoms with van der Waals surface area (Å²) in [6, 6.07) is 4.93. The molecule has 0 radical (unpaired) electrons. The van der Waals surface area contributed by atoms with Gasteiger partial charge in [0.2, 0.25) is 0 Å². The second-order valence-electron chi connectivity index (χ2n) is 8.69. The Morgan fingerprint density at radius 2 is 1.48 bits per heavy atom. The van der Waals surface area contributed by atoms with E-state index >= 15 is 0 Å². The lowest BCUT2D eigenvalue weighted by Gasteiger charge is -2.37. The third-order valence-electron chi connectivity index (χ3n) is 6.84. The Bertz CT molecular complexity index is 557. The molecule has 1 aromatic carbocycles. The van der Waals surface area contributed by atoms with Crippen molar-refractivity contribution < 1.29 is 13.9 Å². The number of rotatable bonds is 8. The Morgan fingerprint density at radius 3 is 2.04 bits per heavy atom. The molecule has 0 unspecified atom stereocenters. The van der Waals surface area contributed by atoms with Crippen LogP contribution in [0.5, 0.6) is 11.5 Å². The van der Waals surface area contributed by atoms with Gasteiger partial charge in [-0.05, 0) is 81.3 Å². The van der Waals surface area contributed by atoms with E-state index in [1.54, 1.807) is 6.07 Å². The van der Waals surface area contributed by atoms with Gasteiger partial charge >= 0.3 is 0 Å². The molecule has 0 heterocycles. The van der Waals surface area contributed by atoms with E-state index in [1.165, 1.54) is 70.3 Å². The maximum Gasteiger partial charge on any atom is 0.168 e. The summed E-state index contributed by atoms with van der Waals surface area (Å²) in [5.41, 5.74) is 0. The van der Waals surface area contributed by atoms with E-state index in [1.807, 2.05) is 13.0 Å². The van der Waals surface area contributed by atoms with Gasteiger partial charge in [-0.2, -0.15) is 0 Å². The molecule has 27 heavy (non-hydrogen) atoms. The molecule has 3 rings (SSSR count). The molecule has 0 saturated heterocycles. The zero-order chi connectivity index (χ0) is 19.1. The van der Waals surface area contributed by atoms with Gasteiger partial charge in [0.05, 0.1) is 13.2 Å². The van der Waals surface area contributed by atoms with Crippen molar-refractivity contribution in [2.24, 2.45) is 23.7 Å². The minimum atomic E-state index is -0.336. The summed E-state index contributed by atoms with van der Waals surface area (Å²) >= 11 is 0. The Balaban J connectivity index is 1.38. The Morgan fingerprint density at radius 1 is 0.852 bits per heavy atom. The molecule has 0 bridgehead atoms. The van der Waals surface area contributed by atoms with Crippen molar-refractivity contribution >= 4 is 0 Å². The molecule has 0 aliphatic heterocycles. The molecule has 2 fully saturated rings. The van der Waals surface area contributed by atoms with Gasteiger partial charge in [-0.3, -0.25) is 0 Å². The smallest absolute Gasteiger partial charge is 0.168 e. The van der Waals surface area contributed by atoms with E-state index < -0.39 is 0 Å². The number of hydrogen-bond acceptors (Lipinski definition) is 2. The van der Waals surface area contributed by atoms with Crippen molar-refractivity contribution in [2.75, 3.05) is 13.2 Å². The molecule has 152 valence electrons. The second kappa shape index (κ2) is 10.3. The van der Waals surface area contributed by atoms with E-state index in [4.69, 9.17) is 9.47 Å². The van der Waals surface area contributed by atoms with Gasteiger partial charge in [0.25, 0.3) is 0 Å². The Hall–Kier alpha value is -1.25. The average molecular weight is 377 g/mol. The maximum atomic E-state index is 13.9. The van der Waals surface area contributed by atoms with Crippen LogP contribution in [0.3, 0.4) is 0 Å². The first kappa shape index (κ1) is 20.5. The zero-order valence-corrected chi connectivity index (χ0v) is 17.2. The molecule has 0 amide bonds. The van der Waals surface area contributed by atoms with Gasteiger partial charge in [-0.25, -0.2) is 4.39 Å². The summed E-state index contributed by atoms with van der Waals surface area (Å²) in [7, 11) is 0. The van der Waals surface area contributed by atoms with Gasteiger partial charge in [-0.15, -0.1) is 0 Å². The van der Waals surface area contributed by atoms with E-state index in [2.05, 4.69) is 6.92 Å². The first-order valence-electron chi connectivity index (χ1n) is 11.2. The van der Waals surface area contributed by atoms with Crippen LogP contribution in [0.2, 0.25) is 0 Å². The fraction of sp³-hybridized carbons (Fsp3) is 0.750. The molecule has 0 N–H and O–H groups in total. The van der Waals surface area contributed by atoms with Gasteiger partial charge in [0.15, 0.2) is 11.6 Å². The average Bonchev–Trinajstić information content (AvgIpc) is 2.70. The maximum absolute atomic E-state index is 13.9. The molecule has 2 aliphatic carbocycles. The Kier molecular flexibility index (Phi) is 7.84. The highest BCUT2D eigenvalue weighted by Crippen LogP contribution is 2.42. The normalized spacial score (nSPS) is 28.7. The fourth-order valence-electron chi connectivity index (χ4n) is 5.24. The van der Waals surface area contributed by atoms with E-state index in [0.29, 0.717) is 30.6 Å². The number of halogens is 1. The van der Waals surface area contributed by atoms with Crippen LogP contribution in [-0.4, -0.2) is 13.2 Å². The molecule has 0 aromatic heterocycles. The molecule has 0 atom stereocenters. The summed E-state index contributed by atoms with van der Waals surface area (Å²) in [5.74, 6) is 4.12. The second-order valence-corrected chi connectivity index (χ2v) is 8.69. The van der Waals surface area contributed by atoms with Crippen molar-refractivity contribution in [1.29, 1.82) is 0 Å². The van der Waals surface area contributed by atoms with E-state index in [0.717, 1.165) is 17.8 Å². The van der Waals surface area contributed by atoms with Crippen LogP contribution in [0.1, 0.15) is 78.1 Å². The molecular weight excluding hydrogens is 339 g/mol. The van der Waals surface area contributed by atoms with Crippen molar-refractivity contribution in [2.45, 2.75) is 78.1 Å². The predicted octanol–water partition coefficient (Wildman–Crippen LogP) is 7.02. The third-order valence-corrected chi connectivity index (χ3v) is 6.84. The Labute approximate surface area is 164 Å². The molecular formula is C24H37FO2. The van der Waals surface area contributed by atoms with E-state index in [-0.39, 0.29) is 5.82 Å². The summed E-state index contributed by atoms with van der Waals surface area (Å²) in [5, 5.41) is 0. The van der Waals surface area contributed by atoms with Gasteiger partial charge in [0, 0.05) is 6.07 Å². The largest absolute Gasteiger partial charge is 0.493 e. The van der Waals surface area contributed by atoms with Crippen LogP contribution in [0.4, 0.5) is 4.39 Å². The molecule has 2 saturated carbocycles. The lowest BCUT2D eigenvalue weighted by atomic mass is 9.69. The van der Waals surface area contributed by atoms with Crippen LogP contribution >= 0.6 is 0 Å². The highest BCUT2D eigenvalue weighted by molar-refractivity contribution is 5.33. The van der Waals surface area contributed by atoms with Gasteiger partial charge < -0.3 is 9.47 Å². The van der Waals surface area contributed by atoms with Crippen LogP contribution < -0.4 is 9.47 Å². The number of hydrogen-bond donors (Lipinski definition) is 0. The minimum Gasteiger partial charge on any atom is -0.493 e. The molecule has 2 aliphatic rings. The quantitative estimate of drug-likeness (QED) is 0.485. The molecule has 1 aromatic rings. The van der Waals surface area contributed by atoms with Gasteiger partial charge in [0.1, 0.15) is 5.75 Å². The van der Waals surface area contributed by atoms with Crippen LogP contribution in [0.25, 0.3) is 0 Å². The summed E-state index contributed by atoms with van der Waals surface area (Å²) in [4.78, 5) is 0. The highest BCUT2D eigenvalue weighted by atomic mass is 19.1. The summed E-state index contributed by atoms with van der Waals surface area (Å²) in [6.07, 6.45) is 13.9. The third kappa shape index (κ3) is 5.86. The van der Waals surface area contributed by atoms with Gasteiger partial charge in [-0.1, -0.05) is 32.6 Å². The predicted molar refractivity (Wildman–Crippen MR) is 109 cm³/mol. The summed E-state index contributed by atoms with van der Waals surface area (Å²) < 4.78 is 25.1.